The lowest BCUT2D eigenvalue weighted by Gasteiger charge is -2.18. The van der Waals surface area contributed by atoms with Crippen LogP contribution in [0.4, 0.5) is 0 Å². The fourth-order valence-electron chi connectivity index (χ4n) is 11.3. The van der Waals surface area contributed by atoms with Gasteiger partial charge in [0.05, 0.1) is 0 Å². The number of ether oxygens (including phenoxy) is 3. The molecule has 482 valence electrons. The molecule has 0 saturated heterocycles. The van der Waals surface area contributed by atoms with Gasteiger partial charge in [-0.2, -0.15) is 0 Å². The van der Waals surface area contributed by atoms with Crippen LogP contribution in [0.15, 0.2) is 36.5 Å². The van der Waals surface area contributed by atoms with Crippen molar-refractivity contribution in [3.05, 3.63) is 36.5 Å². The van der Waals surface area contributed by atoms with Gasteiger partial charge in [-0.15, -0.1) is 0 Å². The molecule has 82 heavy (non-hydrogen) atoms. The Morgan fingerprint density at radius 3 is 0.622 bits per heavy atom. The molecule has 1 atom stereocenters. The minimum atomic E-state index is -0.776. The van der Waals surface area contributed by atoms with Crippen LogP contribution >= 0.6 is 0 Å². The zero-order chi connectivity index (χ0) is 59.2. The molecule has 6 nitrogen and oxygen atoms in total. The fourth-order valence-corrected chi connectivity index (χ4v) is 11.3. The van der Waals surface area contributed by atoms with Crippen molar-refractivity contribution in [3.8, 4) is 0 Å². The van der Waals surface area contributed by atoms with Crippen LogP contribution in [0.25, 0.3) is 0 Å². The molecule has 0 rings (SSSR count). The summed E-state index contributed by atoms with van der Waals surface area (Å²) in [4.78, 5) is 38.4. The van der Waals surface area contributed by atoms with E-state index in [0.29, 0.717) is 19.3 Å². The Kier molecular flexibility index (Phi) is 69.1. The smallest absolute Gasteiger partial charge is 0.306 e. The van der Waals surface area contributed by atoms with Crippen molar-refractivity contribution in [2.45, 2.75) is 419 Å². The SMILES string of the molecule is CCCCCC/C=C\CCCCCCCC(=O)OCC(COC(=O)CCCCCCCCCCCCCCCCCCCCCCC/C=C\CCCCCCCCCC)OC(=O)CCCCCCCCC/C=C\CCCCCCCCC. The van der Waals surface area contributed by atoms with Gasteiger partial charge in [-0.1, -0.05) is 333 Å². The average Bonchev–Trinajstić information content (AvgIpc) is 3.47. The molecule has 0 aliphatic rings. The molecule has 0 N–H and O–H groups in total. The first-order chi connectivity index (χ1) is 40.5. The van der Waals surface area contributed by atoms with Gasteiger partial charge in [-0.05, 0) is 96.3 Å². The van der Waals surface area contributed by atoms with Crippen molar-refractivity contribution in [2.24, 2.45) is 0 Å². The number of carbonyl (C=O) groups excluding carboxylic acids is 3. The summed E-state index contributed by atoms with van der Waals surface area (Å²) in [7, 11) is 0. The van der Waals surface area contributed by atoms with E-state index in [2.05, 4.69) is 57.2 Å². The van der Waals surface area contributed by atoms with E-state index in [1.54, 1.807) is 0 Å². The Hall–Kier alpha value is -2.37. The zero-order valence-electron chi connectivity index (χ0n) is 55.5. The Morgan fingerprint density at radius 1 is 0.232 bits per heavy atom. The van der Waals surface area contributed by atoms with Crippen LogP contribution in [0.5, 0.6) is 0 Å². The van der Waals surface area contributed by atoms with Crippen LogP contribution in [0.2, 0.25) is 0 Å². The Balaban J connectivity index is 4.11. The number of unbranched alkanes of at least 4 members (excludes halogenated alkanes) is 52. The highest BCUT2D eigenvalue weighted by Crippen LogP contribution is 2.19. The quantitative estimate of drug-likeness (QED) is 0.0261. The summed E-state index contributed by atoms with van der Waals surface area (Å²) in [6.07, 6.45) is 89.1. The second kappa shape index (κ2) is 71.1. The highest BCUT2D eigenvalue weighted by Gasteiger charge is 2.19. The van der Waals surface area contributed by atoms with E-state index < -0.39 is 6.10 Å². The summed E-state index contributed by atoms with van der Waals surface area (Å²) in [6, 6.07) is 0. The van der Waals surface area contributed by atoms with E-state index in [4.69, 9.17) is 14.2 Å². The number of allylic oxidation sites excluding steroid dienone is 6. The Bertz CT molecular complexity index is 1370. The fraction of sp³-hybridized carbons (Fsp3) is 0.882. The molecule has 0 saturated carbocycles. The summed E-state index contributed by atoms with van der Waals surface area (Å²) in [5.74, 6) is -0.858. The topological polar surface area (TPSA) is 78.9 Å². The van der Waals surface area contributed by atoms with Crippen LogP contribution in [-0.2, 0) is 28.6 Å². The molecule has 0 aromatic heterocycles. The van der Waals surface area contributed by atoms with Gasteiger partial charge < -0.3 is 14.2 Å². The highest BCUT2D eigenvalue weighted by atomic mass is 16.6. The van der Waals surface area contributed by atoms with E-state index in [1.165, 1.54) is 308 Å². The van der Waals surface area contributed by atoms with E-state index in [0.717, 1.165) is 64.2 Å². The van der Waals surface area contributed by atoms with Crippen molar-refractivity contribution in [3.63, 3.8) is 0 Å². The standard InChI is InChI=1S/C76H142O6/c1-4-7-10-13-16-19-22-25-27-29-31-32-33-34-35-36-37-38-39-40-41-42-43-44-45-47-48-51-54-57-60-63-66-69-75(78)81-72-73(71-80-74(77)68-65-62-59-56-53-50-24-21-18-15-12-9-6-3)82-76(79)70-67-64-61-58-55-52-49-46-30-28-26-23-20-17-14-11-8-5-2/h21,24,28-31,73H,4-20,22-23,25-27,32-72H2,1-3H3/b24-21-,30-28-,31-29-. The molecule has 0 aromatic rings. The maximum Gasteiger partial charge on any atom is 0.306 e. The van der Waals surface area contributed by atoms with Gasteiger partial charge in [0.2, 0.25) is 0 Å². The van der Waals surface area contributed by atoms with E-state index in [-0.39, 0.29) is 31.1 Å². The molecule has 1 unspecified atom stereocenters. The lowest BCUT2D eigenvalue weighted by molar-refractivity contribution is -0.167. The van der Waals surface area contributed by atoms with Crippen LogP contribution in [0, 0.1) is 0 Å². The predicted molar refractivity (Wildman–Crippen MR) is 358 cm³/mol. The summed E-state index contributed by atoms with van der Waals surface area (Å²) in [6.45, 7) is 6.68. The van der Waals surface area contributed by atoms with Gasteiger partial charge in [-0.25, -0.2) is 0 Å². The molecule has 0 aliphatic heterocycles. The van der Waals surface area contributed by atoms with Gasteiger partial charge in [-0.3, -0.25) is 14.4 Å². The van der Waals surface area contributed by atoms with Gasteiger partial charge in [0.1, 0.15) is 13.2 Å². The summed E-state index contributed by atoms with van der Waals surface area (Å²) in [5, 5.41) is 0. The van der Waals surface area contributed by atoms with Crippen LogP contribution in [0.3, 0.4) is 0 Å². The lowest BCUT2D eigenvalue weighted by Crippen LogP contribution is -2.30. The minimum absolute atomic E-state index is 0.0718. The number of carbonyl (C=O) groups is 3. The van der Waals surface area contributed by atoms with Crippen LogP contribution < -0.4 is 0 Å². The van der Waals surface area contributed by atoms with Crippen LogP contribution in [0.1, 0.15) is 412 Å². The first kappa shape index (κ1) is 79.6. The minimum Gasteiger partial charge on any atom is -0.462 e. The first-order valence-corrected chi connectivity index (χ1v) is 37.0. The average molecular weight is 1150 g/mol. The Morgan fingerprint density at radius 2 is 0.402 bits per heavy atom. The third-order valence-corrected chi connectivity index (χ3v) is 16.8. The van der Waals surface area contributed by atoms with E-state index in [9.17, 15) is 14.4 Å². The molecule has 0 fully saturated rings. The van der Waals surface area contributed by atoms with Crippen molar-refractivity contribution >= 4 is 17.9 Å². The summed E-state index contributed by atoms with van der Waals surface area (Å²) < 4.78 is 17.0. The van der Waals surface area contributed by atoms with Crippen LogP contribution in [-0.4, -0.2) is 37.2 Å². The van der Waals surface area contributed by atoms with E-state index in [1.807, 2.05) is 0 Å². The van der Waals surface area contributed by atoms with Crippen molar-refractivity contribution in [2.75, 3.05) is 13.2 Å². The molecule has 0 radical (unpaired) electrons. The molecule has 0 bridgehead atoms. The Labute approximate surface area is 512 Å². The van der Waals surface area contributed by atoms with Crippen molar-refractivity contribution < 1.29 is 28.6 Å². The van der Waals surface area contributed by atoms with E-state index >= 15 is 0 Å². The van der Waals surface area contributed by atoms with Gasteiger partial charge in [0.25, 0.3) is 0 Å². The largest absolute Gasteiger partial charge is 0.462 e. The molecular weight excluding hydrogens is 1010 g/mol. The zero-order valence-corrected chi connectivity index (χ0v) is 55.5. The molecule has 0 aromatic carbocycles. The predicted octanol–water partition coefficient (Wildman–Crippen LogP) is 25.5. The molecule has 0 aliphatic carbocycles. The third kappa shape index (κ3) is 68.4. The molecule has 0 heterocycles. The molecule has 0 amide bonds. The summed E-state index contributed by atoms with van der Waals surface area (Å²) >= 11 is 0. The number of hydrogen-bond acceptors (Lipinski definition) is 6. The maximum atomic E-state index is 12.9. The van der Waals surface area contributed by atoms with Gasteiger partial charge in [0, 0.05) is 19.3 Å². The number of esters is 3. The lowest BCUT2D eigenvalue weighted by atomic mass is 10.0. The number of rotatable bonds is 69. The molecule has 6 heteroatoms. The summed E-state index contributed by atoms with van der Waals surface area (Å²) in [5.41, 5.74) is 0. The van der Waals surface area contributed by atoms with Gasteiger partial charge >= 0.3 is 17.9 Å². The molecular formula is C76H142O6. The number of hydrogen-bond donors (Lipinski definition) is 0. The van der Waals surface area contributed by atoms with Gasteiger partial charge in [0.15, 0.2) is 6.10 Å². The highest BCUT2D eigenvalue weighted by molar-refractivity contribution is 5.71. The van der Waals surface area contributed by atoms with Crippen molar-refractivity contribution in [1.29, 1.82) is 0 Å². The molecule has 0 spiro atoms. The normalized spacial score (nSPS) is 12.2. The first-order valence-electron chi connectivity index (χ1n) is 37.0. The second-order valence-corrected chi connectivity index (χ2v) is 25.2. The second-order valence-electron chi connectivity index (χ2n) is 25.2. The monoisotopic (exact) mass is 1150 g/mol. The maximum absolute atomic E-state index is 12.9. The van der Waals surface area contributed by atoms with Crippen molar-refractivity contribution in [1.82, 2.24) is 0 Å². The third-order valence-electron chi connectivity index (χ3n) is 16.8.